The first-order chi connectivity index (χ1) is 8.97. The molecule has 0 bridgehead atoms. The van der Waals surface area contributed by atoms with Crippen LogP contribution in [0.15, 0.2) is 18.2 Å². The van der Waals surface area contributed by atoms with Crippen LogP contribution in [0.2, 0.25) is 5.02 Å². The molecule has 19 heavy (non-hydrogen) atoms. The SMILES string of the molecule is Cc1nc(COc2ccc(Cl)cc2[C@H](C)O)sc1C. The Morgan fingerprint density at radius 2 is 2.16 bits per heavy atom. The quantitative estimate of drug-likeness (QED) is 0.926. The molecule has 0 saturated heterocycles. The van der Waals surface area contributed by atoms with Crippen LogP contribution in [-0.2, 0) is 6.61 Å². The van der Waals surface area contributed by atoms with Crippen LogP contribution >= 0.6 is 22.9 Å². The van der Waals surface area contributed by atoms with E-state index in [9.17, 15) is 5.11 Å². The van der Waals surface area contributed by atoms with Crippen LogP contribution in [0, 0.1) is 13.8 Å². The van der Waals surface area contributed by atoms with Crippen LogP contribution in [0.5, 0.6) is 5.75 Å². The Morgan fingerprint density at radius 1 is 1.42 bits per heavy atom. The second kappa shape index (κ2) is 5.90. The minimum absolute atomic E-state index is 0.403. The summed E-state index contributed by atoms with van der Waals surface area (Å²) < 4.78 is 5.74. The van der Waals surface area contributed by atoms with E-state index in [0.717, 1.165) is 10.7 Å². The second-order valence-corrected chi connectivity index (χ2v) is 6.12. The maximum atomic E-state index is 9.72. The molecule has 0 saturated carbocycles. The van der Waals surface area contributed by atoms with Gasteiger partial charge in [-0.2, -0.15) is 0 Å². The van der Waals surface area contributed by atoms with Gasteiger partial charge in [0.05, 0.1) is 11.8 Å². The van der Waals surface area contributed by atoms with Crippen molar-refractivity contribution in [1.29, 1.82) is 0 Å². The largest absolute Gasteiger partial charge is 0.486 e. The van der Waals surface area contributed by atoms with Crippen molar-refractivity contribution < 1.29 is 9.84 Å². The zero-order valence-corrected chi connectivity index (χ0v) is 12.7. The minimum atomic E-state index is -0.617. The molecule has 0 aliphatic carbocycles. The van der Waals surface area contributed by atoms with Gasteiger partial charge >= 0.3 is 0 Å². The Hall–Kier alpha value is -1.10. The van der Waals surface area contributed by atoms with Gasteiger partial charge in [-0.15, -0.1) is 11.3 Å². The molecule has 2 aromatic rings. The van der Waals surface area contributed by atoms with Crippen molar-refractivity contribution in [2.24, 2.45) is 0 Å². The molecule has 1 aromatic heterocycles. The first kappa shape index (κ1) is 14.3. The number of nitrogens with zero attached hydrogens (tertiary/aromatic N) is 1. The molecule has 0 aliphatic rings. The summed E-state index contributed by atoms with van der Waals surface area (Å²) >= 11 is 7.55. The van der Waals surface area contributed by atoms with Crippen molar-refractivity contribution in [2.45, 2.75) is 33.5 Å². The van der Waals surface area contributed by atoms with Gasteiger partial charge in [0.1, 0.15) is 17.4 Å². The fourth-order valence-electron chi connectivity index (χ4n) is 1.72. The Balaban J connectivity index is 2.15. The van der Waals surface area contributed by atoms with Gasteiger partial charge in [-0.1, -0.05) is 11.6 Å². The first-order valence-corrected chi connectivity index (χ1v) is 7.20. The predicted octanol–water partition coefficient (Wildman–Crippen LogP) is 4.05. The minimum Gasteiger partial charge on any atom is -0.486 e. The Labute approximate surface area is 121 Å². The average Bonchev–Trinajstić information content (AvgIpc) is 2.67. The maximum Gasteiger partial charge on any atom is 0.140 e. The summed E-state index contributed by atoms with van der Waals surface area (Å²) in [6.45, 7) is 6.12. The van der Waals surface area contributed by atoms with E-state index in [-0.39, 0.29) is 0 Å². The van der Waals surface area contributed by atoms with Crippen LogP contribution in [0.3, 0.4) is 0 Å². The van der Waals surface area contributed by atoms with E-state index < -0.39 is 6.10 Å². The van der Waals surface area contributed by atoms with Crippen molar-refractivity contribution in [1.82, 2.24) is 4.98 Å². The molecule has 0 aliphatic heterocycles. The van der Waals surface area contributed by atoms with Gasteiger partial charge in [0.2, 0.25) is 0 Å². The van der Waals surface area contributed by atoms with Gasteiger partial charge in [0, 0.05) is 15.5 Å². The van der Waals surface area contributed by atoms with E-state index >= 15 is 0 Å². The number of ether oxygens (including phenoxy) is 1. The maximum absolute atomic E-state index is 9.72. The number of hydrogen-bond donors (Lipinski definition) is 1. The molecule has 0 spiro atoms. The van der Waals surface area contributed by atoms with E-state index in [1.54, 1.807) is 36.5 Å². The lowest BCUT2D eigenvalue weighted by atomic mass is 10.1. The molecule has 2 rings (SSSR count). The van der Waals surface area contributed by atoms with E-state index in [1.165, 1.54) is 4.88 Å². The molecule has 1 N–H and O–H groups in total. The number of aliphatic hydroxyl groups excluding tert-OH is 1. The number of aromatic nitrogens is 1. The zero-order chi connectivity index (χ0) is 14.0. The number of thiazole rings is 1. The number of rotatable bonds is 4. The third-order valence-electron chi connectivity index (χ3n) is 2.85. The third-order valence-corrected chi connectivity index (χ3v) is 4.13. The molecule has 3 nitrogen and oxygen atoms in total. The van der Waals surface area contributed by atoms with Crippen LogP contribution < -0.4 is 4.74 Å². The van der Waals surface area contributed by atoms with E-state index in [1.807, 2.05) is 13.8 Å². The summed E-state index contributed by atoms with van der Waals surface area (Å²) in [7, 11) is 0. The van der Waals surface area contributed by atoms with Gasteiger partial charge in [-0.25, -0.2) is 4.98 Å². The van der Waals surface area contributed by atoms with Crippen molar-refractivity contribution in [3.8, 4) is 5.75 Å². The topological polar surface area (TPSA) is 42.4 Å². The molecule has 0 fully saturated rings. The first-order valence-electron chi connectivity index (χ1n) is 6.00. The summed E-state index contributed by atoms with van der Waals surface area (Å²) in [5.41, 5.74) is 1.73. The summed E-state index contributed by atoms with van der Waals surface area (Å²) in [6.07, 6.45) is -0.617. The Kier molecular flexibility index (Phi) is 4.45. The highest BCUT2D eigenvalue weighted by molar-refractivity contribution is 7.11. The summed E-state index contributed by atoms with van der Waals surface area (Å²) in [5, 5.41) is 11.2. The van der Waals surface area contributed by atoms with E-state index in [4.69, 9.17) is 16.3 Å². The predicted molar refractivity (Wildman–Crippen MR) is 78.0 cm³/mol. The summed E-state index contributed by atoms with van der Waals surface area (Å²) in [4.78, 5) is 5.62. The molecule has 0 unspecified atom stereocenters. The smallest absolute Gasteiger partial charge is 0.140 e. The fraction of sp³-hybridized carbons (Fsp3) is 0.357. The summed E-state index contributed by atoms with van der Waals surface area (Å²) in [5.74, 6) is 0.643. The van der Waals surface area contributed by atoms with Crippen LogP contribution in [0.25, 0.3) is 0 Å². The molecule has 1 aromatic carbocycles. The number of halogens is 1. The molecular weight excluding hydrogens is 282 g/mol. The lowest BCUT2D eigenvalue weighted by Gasteiger charge is -2.13. The second-order valence-electron chi connectivity index (χ2n) is 4.40. The van der Waals surface area contributed by atoms with Crippen molar-refractivity contribution in [3.05, 3.63) is 44.4 Å². The van der Waals surface area contributed by atoms with Gasteiger partial charge in [0.15, 0.2) is 0 Å². The van der Waals surface area contributed by atoms with Crippen LogP contribution in [0.1, 0.15) is 34.2 Å². The van der Waals surface area contributed by atoms with Crippen molar-refractivity contribution in [3.63, 3.8) is 0 Å². The molecule has 1 heterocycles. The zero-order valence-electron chi connectivity index (χ0n) is 11.1. The molecule has 1 atom stereocenters. The van der Waals surface area contributed by atoms with Crippen LogP contribution in [-0.4, -0.2) is 10.1 Å². The van der Waals surface area contributed by atoms with Gasteiger partial charge < -0.3 is 9.84 Å². The number of aliphatic hydroxyl groups is 1. The highest BCUT2D eigenvalue weighted by Crippen LogP contribution is 2.29. The third kappa shape index (κ3) is 3.47. The van der Waals surface area contributed by atoms with Gasteiger partial charge in [-0.05, 0) is 39.0 Å². The molecule has 5 heteroatoms. The fourth-order valence-corrected chi connectivity index (χ4v) is 2.75. The summed E-state index contributed by atoms with van der Waals surface area (Å²) in [6, 6.07) is 5.25. The van der Waals surface area contributed by atoms with Crippen molar-refractivity contribution >= 4 is 22.9 Å². The molecule has 102 valence electrons. The van der Waals surface area contributed by atoms with E-state index in [2.05, 4.69) is 4.98 Å². The normalized spacial score (nSPS) is 12.5. The highest BCUT2D eigenvalue weighted by Gasteiger charge is 2.11. The van der Waals surface area contributed by atoms with Gasteiger partial charge in [-0.3, -0.25) is 0 Å². The van der Waals surface area contributed by atoms with Crippen molar-refractivity contribution in [2.75, 3.05) is 0 Å². The Bertz CT molecular complexity index is 561. The van der Waals surface area contributed by atoms with E-state index in [0.29, 0.717) is 22.9 Å². The lowest BCUT2D eigenvalue weighted by molar-refractivity contribution is 0.190. The highest BCUT2D eigenvalue weighted by atomic mass is 35.5. The monoisotopic (exact) mass is 297 g/mol. The number of benzene rings is 1. The lowest BCUT2D eigenvalue weighted by Crippen LogP contribution is -2.00. The molecule has 0 radical (unpaired) electrons. The standard InChI is InChI=1S/C14H16ClNO2S/c1-8-10(3)19-14(16-8)7-18-13-5-4-11(15)6-12(13)9(2)17/h4-6,9,17H,7H2,1-3H3/t9-/m0/s1. The average molecular weight is 298 g/mol. The molecule has 0 amide bonds. The van der Waals surface area contributed by atoms with Gasteiger partial charge in [0.25, 0.3) is 0 Å². The van der Waals surface area contributed by atoms with Crippen LogP contribution in [0.4, 0.5) is 0 Å². The Morgan fingerprint density at radius 3 is 2.74 bits per heavy atom. The molecular formula is C14H16ClNO2S. The number of aryl methyl sites for hydroxylation is 2. The number of hydrogen-bond acceptors (Lipinski definition) is 4.